The van der Waals surface area contributed by atoms with Crippen molar-refractivity contribution in [3.05, 3.63) is 29.8 Å². The van der Waals surface area contributed by atoms with Crippen molar-refractivity contribution in [2.24, 2.45) is 5.10 Å². The average Bonchev–Trinajstić information content (AvgIpc) is 2.25. The molecule has 0 saturated heterocycles. The maximum absolute atomic E-state index is 11.8. The van der Waals surface area contributed by atoms with E-state index in [1.807, 2.05) is 0 Å². The number of nitrogens with one attached hydrogen (secondary N) is 1. The summed E-state index contributed by atoms with van der Waals surface area (Å²) in [6.45, 7) is 1.43. The molecule has 1 rings (SSSR count). The first kappa shape index (κ1) is 13.0. The zero-order chi connectivity index (χ0) is 13.1. The monoisotopic (exact) mass is 246 g/mol. The van der Waals surface area contributed by atoms with Crippen molar-refractivity contribution in [3.8, 4) is 5.75 Å². The predicted molar refractivity (Wildman–Crippen MR) is 54.5 cm³/mol. The number of rotatable bonds is 2. The molecule has 0 unspecified atom stereocenters. The summed E-state index contributed by atoms with van der Waals surface area (Å²) in [5.41, 5.74) is 2.08. The van der Waals surface area contributed by atoms with Crippen LogP contribution in [0.25, 0.3) is 0 Å². The Labute approximate surface area is 94.8 Å². The van der Waals surface area contributed by atoms with Crippen molar-refractivity contribution >= 4 is 11.6 Å². The summed E-state index contributed by atoms with van der Waals surface area (Å²) in [6, 6.07) is 5.65. The highest BCUT2D eigenvalue weighted by Gasteiger charge is 2.38. The number of aromatic hydroxyl groups is 1. The molecular formula is C10H9F3N2O2. The summed E-state index contributed by atoms with van der Waals surface area (Å²) in [5, 5.41) is 12.3. The van der Waals surface area contributed by atoms with Crippen molar-refractivity contribution in [2.45, 2.75) is 13.1 Å². The van der Waals surface area contributed by atoms with Gasteiger partial charge >= 0.3 is 12.1 Å². The number of phenolic OH excluding ortho intramolecular Hbond substituents is 1. The van der Waals surface area contributed by atoms with Gasteiger partial charge in [-0.05, 0) is 36.8 Å². The summed E-state index contributed by atoms with van der Waals surface area (Å²) in [4.78, 5) is 10.5. The van der Waals surface area contributed by atoms with Gasteiger partial charge in [-0.1, -0.05) is 0 Å². The molecule has 1 amide bonds. The molecular weight excluding hydrogens is 237 g/mol. The maximum Gasteiger partial charge on any atom is 0.473 e. The van der Waals surface area contributed by atoms with Crippen LogP contribution >= 0.6 is 0 Å². The molecule has 4 nitrogen and oxygen atoms in total. The van der Waals surface area contributed by atoms with Gasteiger partial charge < -0.3 is 5.11 Å². The Morgan fingerprint density at radius 1 is 1.29 bits per heavy atom. The number of carbonyl (C=O) groups is 1. The van der Waals surface area contributed by atoms with E-state index in [0.717, 1.165) is 0 Å². The van der Waals surface area contributed by atoms with Crippen LogP contribution in [0.2, 0.25) is 0 Å². The Morgan fingerprint density at radius 2 is 1.82 bits per heavy atom. The molecule has 0 spiro atoms. The fourth-order valence-corrected chi connectivity index (χ4v) is 0.965. The minimum Gasteiger partial charge on any atom is -0.508 e. The molecule has 0 atom stereocenters. The van der Waals surface area contributed by atoms with Gasteiger partial charge in [-0.3, -0.25) is 4.79 Å². The summed E-state index contributed by atoms with van der Waals surface area (Å²) >= 11 is 0. The van der Waals surface area contributed by atoms with Crippen LogP contribution in [0.5, 0.6) is 5.75 Å². The molecule has 0 aliphatic heterocycles. The summed E-state index contributed by atoms with van der Waals surface area (Å²) < 4.78 is 35.5. The minimum atomic E-state index is -4.96. The second-order valence-electron chi connectivity index (χ2n) is 3.18. The Morgan fingerprint density at radius 3 is 2.29 bits per heavy atom. The second-order valence-corrected chi connectivity index (χ2v) is 3.18. The first-order valence-corrected chi connectivity index (χ1v) is 4.51. The number of phenols is 1. The summed E-state index contributed by atoms with van der Waals surface area (Å²) in [5.74, 6) is -2.10. The van der Waals surface area contributed by atoms with Gasteiger partial charge in [0.15, 0.2) is 0 Å². The Hall–Kier alpha value is -2.05. The highest BCUT2D eigenvalue weighted by atomic mass is 19.4. The largest absolute Gasteiger partial charge is 0.508 e. The third kappa shape index (κ3) is 3.78. The van der Waals surface area contributed by atoms with E-state index in [9.17, 15) is 18.0 Å². The van der Waals surface area contributed by atoms with Crippen molar-refractivity contribution in [1.82, 2.24) is 5.43 Å². The van der Waals surface area contributed by atoms with E-state index in [4.69, 9.17) is 5.11 Å². The Balaban J connectivity index is 2.74. The van der Waals surface area contributed by atoms with Crippen LogP contribution in [0, 0.1) is 0 Å². The van der Waals surface area contributed by atoms with E-state index >= 15 is 0 Å². The number of hydrazone groups is 1. The fraction of sp³-hybridized carbons (Fsp3) is 0.200. The van der Waals surface area contributed by atoms with Crippen molar-refractivity contribution in [3.63, 3.8) is 0 Å². The van der Waals surface area contributed by atoms with Crippen LogP contribution in [0.1, 0.15) is 12.5 Å². The van der Waals surface area contributed by atoms with Crippen LogP contribution < -0.4 is 5.43 Å². The van der Waals surface area contributed by atoms with Crippen LogP contribution in [-0.2, 0) is 4.79 Å². The number of amides is 1. The minimum absolute atomic E-state index is 0.0286. The first-order valence-electron chi connectivity index (χ1n) is 4.51. The molecule has 0 bridgehead atoms. The summed E-state index contributed by atoms with van der Waals surface area (Å²) in [6.07, 6.45) is -4.96. The lowest BCUT2D eigenvalue weighted by Gasteiger charge is -2.05. The molecule has 1 aromatic carbocycles. The van der Waals surface area contributed by atoms with E-state index in [0.29, 0.717) is 5.56 Å². The lowest BCUT2D eigenvalue weighted by Crippen LogP contribution is -2.34. The molecule has 0 saturated carbocycles. The van der Waals surface area contributed by atoms with Gasteiger partial charge in [-0.15, -0.1) is 0 Å². The third-order valence-electron chi connectivity index (χ3n) is 1.87. The zero-order valence-electron chi connectivity index (χ0n) is 8.75. The van der Waals surface area contributed by atoms with Crippen LogP contribution in [-0.4, -0.2) is 22.9 Å². The molecule has 0 heterocycles. The normalized spacial score (nSPS) is 12.4. The molecule has 17 heavy (non-hydrogen) atoms. The van der Waals surface area contributed by atoms with Gasteiger partial charge in [-0.25, -0.2) is 5.43 Å². The van der Waals surface area contributed by atoms with Gasteiger partial charge in [0.2, 0.25) is 0 Å². The molecule has 92 valence electrons. The number of alkyl halides is 3. The van der Waals surface area contributed by atoms with Crippen LogP contribution in [0.4, 0.5) is 13.2 Å². The molecule has 0 fully saturated rings. The standard InChI is InChI=1S/C10H9F3N2O2/c1-6(7-2-4-8(16)5-3-7)14-15-9(17)10(11,12)13/h2-5,16H,1H3,(H,15,17). The number of benzene rings is 1. The molecule has 1 aromatic rings. The molecule has 0 aliphatic rings. The quantitative estimate of drug-likeness (QED) is 0.617. The Kier molecular flexibility index (Phi) is 3.72. The summed E-state index contributed by atoms with van der Waals surface area (Å²) in [7, 11) is 0. The van der Waals surface area contributed by atoms with Crippen molar-refractivity contribution in [1.29, 1.82) is 0 Å². The van der Waals surface area contributed by atoms with E-state index in [1.165, 1.54) is 36.6 Å². The smallest absolute Gasteiger partial charge is 0.473 e. The van der Waals surface area contributed by atoms with Gasteiger partial charge in [0.25, 0.3) is 0 Å². The van der Waals surface area contributed by atoms with Gasteiger partial charge in [-0.2, -0.15) is 18.3 Å². The fourth-order valence-electron chi connectivity index (χ4n) is 0.965. The van der Waals surface area contributed by atoms with E-state index in [1.54, 1.807) is 0 Å². The predicted octanol–water partition coefficient (Wildman–Crippen LogP) is 1.79. The van der Waals surface area contributed by atoms with E-state index < -0.39 is 12.1 Å². The highest BCUT2D eigenvalue weighted by molar-refractivity contribution is 5.99. The molecule has 7 heteroatoms. The van der Waals surface area contributed by atoms with Gasteiger partial charge in [0, 0.05) is 0 Å². The van der Waals surface area contributed by atoms with E-state index in [2.05, 4.69) is 5.10 Å². The number of halogens is 3. The SMILES string of the molecule is CC(=NNC(=O)C(F)(F)F)c1ccc(O)cc1. The number of carbonyl (C=O) groups excluding carboxylic acids is 1. The van der Waals surface area contributed by atoms with Crippen molar-refractivity contribution < 1.29 is 23.1 Å². The third-order valence-corrected chi connectivity index (χ3v) is 1.87. The zero-order valence-corrected chi connectivity index (χ0v) is 8.75. The number of hydrogen-bond acceptors (Lipinski definition) is 3. The van der Waals surface area contributed by atoms with Crippen LogP contribution in [0.3, 0.4) is 0 Å². The molecule has 0 aliphatic carbocycles. The topological polar surface area (TPSA) is 61.7 Å². The lowest BCUT2D eigenvalue weighted by atomic mass is 10.1. The van der Waals surface area contributed by atoms with Crippen LogP contribution in [0.15, 0.2) is 29.4 Å². The average molecular weight is 246 g/mol. The lowest BCUT2D eigenvalue weighted by molar-refractivity contribution is -0.173. The van der Waals surface area contributed by atoms with Gasteiger partial charge in [0.05, 0.1) is 5.71 Å². The molecule has 0 radical (unpaired) electrons. The van der Waals surface area contributed by atoms with Gasteiger partial charge in [0.1, 0.15) is 5.75 Å². The highest BCUT2D eigenvalue weighted by Crippen LogP contribution is 2.14. The maximum atomic E-state index is 11.8. The van der Waals surface area contributed by atoms with Crippen molar-refractivity contribution in [2.75, 3.05) is 0 Å². The molecule has 0 aromatic heterocycles. The van der Waals surface area contributed by atoms with E-state index in [-0.39, 0.29) is 11.5 Å². The number of nitrogens with zero attached hydrogens (tertiary/aromatic N) is 1. The Bertz CT molecular complexity index is 438. The second kappa shape index (κ2) is 4.86. The first-order chi connectivity index (χ1) is 7.80. The number of hydrogen-bond donors (Lipinski definition) is 2. The molecule has 2 N–H and O–H groups in total.